The summed E-state index contributed by atoms with van der Waals surface area (Å²) >= 11 is 1.70. The van der Waals surface area contributed by atoms with Crippen molar-refractivity contribution < 1.29 is 0 Å². The Bertz CT molecular complexity index is 344. The Morgan fingerprint density at radius 2 is 2.00 bits per heavy atom. The van der Waals surface area contributed by atoms with Crippen LogP contribution < -0.4 is 0 Å². The summed E-state index contributed by atoms with van der Waals surface area (Å²) in [6.45, 7) is 1.99. The lowest BCUT2D eigenvalue weighted by molar-refractivity contribution is 0.380. The molecule has 1 aliphatic carbocycles. The molecule has 74 valence electrons. The van der Waals surface area contributed by atoms with Crippen molar-refractivity contribution in [2.24, 2.45) is 5.92 Å². The fourth-order valence-electron chi connectivity index (χ4n) is 1.95. The Kier molecular flexibility index (Phi) is 2.78. The van der Waals surface area contributed by atoms with Crippen molar-refractivity contribution in [2.75, 3.05) is 0 Å². The Morgan fingerprint density at radius 3 is 2.50 bits per heavy atom. The number of aryl methyl sites for hydroxylation is 1. The van der Waals surface area contributed by atoms with Crippen LogP contribution in [0.1, 0.15) is 41.6 Å². The predicted octanol–water partition coefficient (Wildman–Crippen LogP) is 2.64. The largest absolute Gasteiger partial charge is 0.198 e. The highest BCUT2D eigenvalue weighted by atomic mass is 32.1. The summed E-state index contributed by atoms with van der Waals surface area (Å²) < 4.78 is 0. The van der Waals surface area contributed by atoms with Gasteiger partial charge in [-0.2, -0.15) is 5.26 Å². The third-order valence-corrected chi connectivity index (χ3v) is 3.80. The first-order valence-electron chi connectivity index (χ1n) is 4.99. The molecule has 1 fully saturated rings. The summed E-state index contributed by atoms with van der Waals surface area (Å²) in [6, 6.07) is 2.35. The predicted molar refractivity (Wildman–Crippen MR) is 55.0 cm³/mol. The van der Waals surface area contributed by atoms with Gasteiger partial charge in [0.05, 0.1) is 6.07 Å². The number of nitrogens with zero attached hydrogens (tertiary/aromatic N) is 3. The molecular formula is C10H13N3S. The van der Waals surface area contributed by atoms with Crippen molar-refractivity contribution in [2.45, 2.75) is 38.5 Å². The average molecular weight is 207 g/mol. The lowest BCUT2D eigenvalue weighted by Crippen LogP contribution is -2.11. The second-order valence-corrected chi connectivity index (χ2v) is 5.05. The van der Waals surface area contributed by atoms with Gasteiger partial charge in [0.25, 0.3) is 0 Å². The average Bonchev–Trinajstić information content (AvgIpc) is 2.65. The normalized spacial score (nSPS) is 27.1. The van der Waals surface area contributed by atoms with Crippen molar-refractivity contribution >= 4 is 11.3 Å². The summed E-state index contributed by atoms with van der Waals surface area (Å²) in [5.74, 6) is 0.839. The van der Waals surface area contributed by atoms with E-state index in [9.17, 15) is 0 Å². The number of hydrogen-bond acceptors (Lipinski definition) is 4. The van der Waals surface area contributed by atoms with Gasteiger partial charge in [-0.1, -0.05) is 0 Å². The maximum Gasteiger partial charge on any atom is 0.120 e. The molecule has 0 aromatic carbocycles. The maximum atomic E-state index is 8.78. The molecule has 14 heavy (non-hydrogen) atoms. The molecule has 1 aromatic heterocycles. The Balaban J connectivity index is 1.99. The minimum atomic E-state index is 0.278. The van der Waals surface area contributed by atoms with Crippen LogP contribution in [0.25, 0.3) is 0 Å². The van der Waals surface area contributed by atoms with Crippen LogP contribution in [0.15, 0.2) is 0 Å². The highest BCUT2D eigenvalue weighted by Crippen LogP contribution is 2.36. The number of hydrogen-bond donors (Lipinski definition) is 0. The Hall–Kier alpha value is -0.950. The van der Waals surface area contributed by atoms with Gasteiger partial charge in [0.15, 0.2) is 0 Å². The van der Waals surface area contributed by atoms with E-state index in [1.807, 2.05) is 6.92 Å². The van der Waals surface area contributed by atoms with Crippen LogP contribution in [-0.2, 0) is 0 Å². The molecule has 0 atom stereocenters. The van der Waals surface area contributed by atoms with Crippen molar-refractivity contribution in [3.63, 3.8) is 0 Å². The van der Waals surface area contributed by atoms with Crippen molar-refractivity contribution in [3.8, 4) is 6.07 Å². The first kappa shape index (κ1) is 9.60. The first-order valence-corrected chi connectivity index (χ1v) is 5.81. The zero-order valence-electron chi connectivity index (χ0n) is 8.23. The summed E-state index contributed by atoms with van der Waals surface area (Å²) in [5.41, 5.74) is 0. The van der Waals surface area contributed by atoms with Gasteiger partial charge < -0.3 is 0 Å². The smallest absolute Gasteiger partial charge is 0.120 e. The van der Waals surface area contributed by atoms with Crippen molar-refractivity contribution in [1.82, 2.24) is 10.2 Å². The van der Waals surface area contributed by atoms with Gasteiger partial charge in [-0.15, -0.1) is 21.5 Å². The molecule has 4 heteroatoms. The van der Waals surface area contributed by atoms with E-state index < -0.39 is 0 Å². The third kappa shape index (κ3) is 1.93. The molecule has 0 amide bonds. The molecule has 2 rings (SSSR count). The Morgan fingerprint density at radius 1 is 1.29 bits per heavy atom. The second-order valence-electron chi connectivity index (χ2n) is 3.84. The minimum absolute atomic E-state index is 0.278. The summed E-state index contributed by atoms with van der Waals surface area (Å²) in [7, 11) is 0. The van der Waals surface area contributed by atoms with Crippen LogP contribution in [0.2, 0.25) is 0 Å². The van der Waals surface area contributed by atoms with Crippen LogP contribution in [0.3, 0.4) is 0 Å². The van der Waals surface area contributed by atoms with Crippen LogP contribution in [-0.4, -0.2) is 10.2 Å². The molecule has 0 aliphatic heterocycles. The lowest BCUT2D eigenvalue weighted by atomic mass is 9.83. The van der Waals surface area contributed by atoms with E-state index in [4.69, 9.17) is 5.26 Å². The molecule has 0 radical (unpaired) electrons. The van der Waals surface area contributed by atoms with Gasteiger partial charge in [-0.3, -0.25) is 0 Å². The van der Waals surface area contributed by atoms with Gasteiger partial charge in [0.2, 0.25) is 0 Å². The molecule has 3 nitrogen and oxygen atoms in total. The Labute approximate surface area is 87.8 Å². The van der Waals surface area contributed by atoms with E-state index in [-0.39, 0.29) is 5.92 Å². The summed E-state index contributed by atoms with van der Waals surface area (Å²) in [6.07, 6.45) is 4.26. The number of rotatable bonds is 1. The molecule has 0 saturated heterocycles. The number of aromatic nitrogens is 2. The lowest BCUT2D eigenvalue weighted by Gasteiger charge is -2.22. The van der Waals surface area contributed by atoms with Gasteiger partial charge in [0.1, 0.15) is 10.0 Å². The fraction of sp³-hybridized carbons (Fsp3) is 0.700. The van der Waals surface area contributed by atoms with E-state index in [0.717, 1.165) is 30.7 Å². The molecule has 1 aliphatic rings. The van der Waals surface area contributed by atoms with Gasteiger partial charge in [-0.25, -0.2) is 0 Å². The fourth-order valence-corrected chi connectivity index (χ4v) is 2.81. The number of nitriles is 1. The van der Waals surface area contributed by atoms with Crippen LogP contribution in [0, 0.1) is 24.2 Å². The molecule has 1 heterocycles. The zero-order chi connectivity index (χ0) is 9.97. The van der Waals surface area contributed by atoms with Gasteiger partial charge >= 0.3 is 0 Å². The summed E-state index contributed by atoms with van der Waals surface area (Å²) in [5, 5.41) is 19.2. The molecule has 0 N–H and O–H groups in total. The van der Waals surface area contributed by atoms with E-state index >= 15 is 0 Å². The molecular weight excluding hydrogens is 194 g/mol. The van der Waals surface area contributed by atoms with E-state index in [2.05, 4.69) is 16.3 Å². The highest BCUT2D eigenvalue weighted by Gasteiger charge is 2.24. The molecule has 0 spiro atoms. The summed E-state index contributed by atoms with van der Waals surface area (Å²) in [4.78, 5) is 0. The second kappa shape index (κ2) is 4.05. The van der Waals surface area contributed by atoms with Crippen LogP contribution in [0.5, 0.6) is 0 Å². The third-order valence-electron chi connectivity index (χ3n) is 2.80. The zero-order valence-corrected chi connectivity index (χ0v) is 9.05. The molecule has 1 saturated carbocycles. The van der Waals surface area contributed by atoms with E-state index in [1.165, 1.54) is 5.01 Å². The van der Waals surface area contributed by atoms with Crippen molar-refractivity contribution in [1.29, 1.82) is 5.26 Å². The SMILES string of the molecule is Cc1nnc(C2CCC(C#N)CC2)s1. The molecule has 0 unspecified atom stereocenters. The van der Waals surface area contributed by atoms with Gasteiger partial charge in [0, 0.05) is 11.8 Å². The highest BCUT2D eigenvalue weighted by molar-refractivity contribution is 7.11. The monoisotopic (exact) mass is 207 g/mol. The maximum absolute atomic E-state index is 8.78. The minimum Gasteiger partial charge on any atom is -0.198 e. The first-order chi connectivity index (χ1) is 6.79. The van der Waals surface area contributed by atoms with Crippen LogP contribution in [0.4, 0.5) is 0 Å². The standard InChI is InChI=1S/C10H13N3S/c1-7-12-13-10(14-7)9-4-2-8(6-11)3-5-9/h8-9H,2-5H2,1H3. The van der Waals surface area contributed by atoms with Gasteiger partial charge in [-0.05, 0) is 32.6 Å². The van der Waals surface area contributed by atoms with E-state index in [0.29, 0.717) is 5.92 Å². The molecule has 0 bridgehead atoms. The molecule has 1 aromatic rings. The van der Waals surface area contributed by atoms with E-state index in [1.54, 1.807) is 11.3 Å². The van der Waals surface area contributed by atoms with Crippen LogP contribution >= 0.6 is 11.3 Å². The topological polar surface area (TPSA) is 49.6 Å². The van der Waals surface area contributed by atoms with Crippen molar-refractivity contribution in [3.05, 3.63) is 10.0 Å². The quantitative estimate of drug-likeness (QED) is 0.711.